The molecule has 2 atom stereocenters. The first-order chi connectivity index (χ1) is 8.99. The van der Waals surface area contributed by atoms with Crippen molar-refractivity contribution in [2.45, 2.75) is 39.8 Å². The number of benzene rings is 1. The molecule has 0 aliphatic rings. The lowest BCUT2D eigenvalue weighted by Crippen LogP contribution is -2.32. The van der Waals surface area contributed by atoms with E-state index in [9.17, 15) is 4.39 Å². The molecule has 19 heavy (non-hydrogen) atoms. The van der Waals surface area contributed by atoms with Crippen molar-refractivity contribution in [1.82, 2.24) is 5.32 Å². The van der Waals surface area contributed by atoms with Crippen LogP contribution in [-0.2, 0) is 6.54 Å². The molecular formula is C14H22FN3O. The summed E-state index contributed by atoms with van der Waals surface area (Å²) in [7, 11) is 0. The summed E-state index contributed by atoms with van der Waals surface area (Å²) in [5, 5.41) is 15.0. The molecule has 2 unspecified atom stereocenters. The summed E-state index contributed by atoms with van der Waals surface area (Å²) in [6.07, 6.45) is 1.09. The Morgan fingerprint density at radius 1 is 1.47 bits per heavy atom. The number of rotatable bonds is 6. The molecule has 0 bridgehead atoms. The van der Waals surface area contributed by atoms with Gasteiger partial charge in [0.25, 0.3) is 0 Å². The van der Waals surface area contributed by atoms with E-state index in [4.69, 9.17) is 10.9 Å². The number of hydrogen-bond donors (Lipinski definition) is 3. The Morgan fingerprint density at radius 2 is 2.16 bits per heavy atom. The van der Waals surface area contributed by atoms with Gasteiger partial charge in [-0.1, -0.05) is 31.5 Å². The highest BCUT2D eigenvalue weighted by molar-refractivity contribution is 5.98. The quantitative estimate of drug-likeness (QED) is 0.321. The minimum atomic E-state index is -0.402. The third kappa shape index (κ3) is 4.21. The van der Waals surface area contributed by atoms with Gasteiger partial charge in [0, 0.05) is 18.2 Å². The summed E-state index contributed by atoms with van der Waals surface area (Å²) < 4.78 is 13.2. The molecule has 0 saturated heterocycles. The third-order valence-electron chi connectivity index (χ3n) is 3.57. The Hall–Kier alpha value is -1.62. The SMILES string of the molecule is CCC(C)C(C)NCc1ccc(F)cc1C(N)=NO. The highest BCUT2D eigenvalue weighted by Crippen LogP contribution is 2.13. The van der Waals surface area contributed by atoms with Crippen LogP contribution in [0.3, 0.4) is 0 Å². The van der Waals surface area contributed by atoms with Crippen LogP contribution >= 0.6 is 0 Å². The molecule has 1 rings (SSSR count). The summed E-state index contributed by atoms with van der Waals surface area (Å²) in [6.45, 7) is 6.98. The van der Waals surface area contributed by atoms with Crippen LogP contribution in [0.1, 0.15) is 38.3 Å². The lowest BCUT2D eigenvalue weighted by Gasteiger charge is -2.20. The van der Waals surface area contributed by atoms with Gasteiger partial charge in [-0.2, -0.15) is 0 Å². The molecule has 1 aromatic rings. The van der Waals surface area contributed by atoms with Crippen molar-refractivity contribution in [3.63, 3.8) is 0 Å². The molecule has 0 amide bonds. The van der Waals surface area contributed by atoms with E-state index in [1.807, 2.05) is 0 Å². The fourth-order valence-electron chi connectivity index (χ4n) is 1.82. The van der Waals surface area contributed by atoms with Crippen LogP contribution in [0.2, 0.25) is 0 Å². The van der Waals surface area contributed by atoms with Crippen molar-refractivity contribution < 1.29 is 9.60 Å². The molecule has 0 radical (unpaired) electrons. The van der Waals surface area contributed by atoms with Crippen molar-refractivity contribution in [1.29, 1.82) is 0 Å². The highest BCUT2D eigenvalue weighted by Gasteiger charge is 2.12. The minimum Gasteiger partial charge on any atom is -0.409 e. The number of nitrogens with one attached hydrogen (secondary N) is 1. The maximum Gasteiger partial charge on any atom is 0.170 e. The van der Waals surface area contributed by atoms with Crippen LogP contribution in [-0.4, -0.2) is 17.1 Å². The van der Waals surface area contributed by atoms with Crippen molar-refractivity contribution in [3.8, 4) is 0 Å². The first-order valence-electron chi connectivity index (χ1n) is 6.49. The predicted octanol–water partition coefficient (Wildman–Crippen LogP) is 2.44. The Labute approximate surface area is 113 Å². The topological polar surface area (TPSA) is 70.6 Å². The van der Waals surface area contributed by atoms with Gasteiger partial charge in [0.2, 0.25) is 0 Å². The summed E-state index contributed by atoms with van der Waals surface area (Å²) in [5.41, 5.74) is 6.80. The smallest absolute Gasteiger partial charge is 0.170 e. The Bertz CT molecular complexity index is 448. The standard InChI is InChI=1S/C14H22FN3O/c1-4-9(2)10(3)17-8-11-5-6-12(15)7-13(11)14(16)18-19/h5-7,9-10,17,19H,4,8H2,1-3H3,(H2,16,18). The number of nitrogens with two attached hydrogens (primary N) is 1. The van der Waals surface area contributed by atoms with Crippen molar-refractivity contribution in [2.75, 3.05) is 0 Å². The number of nitrogens with zero attached hydrogens (tertiary/aromatic N) is 1. The second-order valence-corrected chi connectivity index (χ2v) is 4.84. The maximum absolute atomic E-state index is 13.2. The first-order valence-corrected chi connectivity index (χ1v) is 6.49. The molecule has 4 N–H and O–H groups in total. The molecule has 0 aromatic heterocycles. The fourth-order valence-corrected chi connectivity index (χ4v) is 1.82. The first kappa shape index (κ1) is 15.4. The molecule has 0 aliphatic carbocycles. The molecular weight excluding hydrogens is 245 g/mol. The van der Waals surface area contributed by atoms with E-state index in [0.29, 0.717) is 24.1 Å². The van der Waals surface area contributed by atoms with E-state index in [-0.39, 0.29) is 5.84 Å². The average Bonchev–Trinajstić information content (AvgIpc) is 2.43. The molecule has 1 aromatic carbocycles. The van der Waals surface area contributed by atoms with E-state index in [2.05, 4.69) is 31.2 Å². The number of hydrogen-bond acceptors (Lipinski definition) is 3. The summed E-state index contributed by atoms with van der Waals surface area (Å²) in [6, 6.07) is 4.65. The Morgan fingerprint density at radius 3 is 2.74 bits per heavy atom. The van der Waals surface area contributed by atoms with E-state index in [1.54, 1.807) is 6.07 Å². The van der Waals surface area contributed by atoms with Gasteiger partial charge in [0.15, 0.2) is 5.84 Å². The van der Waals surface area contributed by atoms with Crippen LogP contribution in [0.15, 0.2) is 23.4 Å². The lowest BCUT2D eigenvalue weighted by atomic mass is 10.00. The Balaban J connectivity index is 2.84. The summed E-state index contributed by atoms with van der Waals surface area (Å²) >= 11 is 0. The van der Waals surface area contributed by atoms with Gasteiger partial charge in [-0.05, 0) is 30.5 Å². The summed E-state index contributed by atoms with van der Waals surface area (Å²) in [4.78, 5) is 0. The fraction of sp³-hybridized carbons (Fsp3) is 0.500. The zero-order valence-electron chi connectivity index (χ0n) is 11.7. The second-order valence-electron chi connectivity index (χ2n) is 4.84. The van der Waals surface area contributed by atoms with E-state index in [1.165, 1.54) is 12.1 Å². The molecule has 0 saturated carbocycles. The number of oxime groups is 1. The number of amidine groups is 1. The largest absolute Gasteiger partial charge is 0.409 e. The maximum atomic E-state index is 13.2. The van der Waals surface area contributed by atoms with Crippen LogP contribution in [0.5, 0.6) is 0 Å². The van der Waals surface area contributed by atoms with Crippen LogP contribution in [0, 0.1) is 11.7 Å². The molecule has 5 heteroatoms. The van der Waals surface area contributed by atoms with Gasteiger partial charge in [-0.3, -0.25) is 0 Å². The zero-order valence-corrected chi connectivity index (χ0v) is 11.7. The third-order valence-corrected chi connectivity index (χ3v) is 3.57. The van der Waals surface area contributed by atoms with E-state index >= 15 is 0 Å². The molecule has 0 aliphatic heterocycles. The summed E-state index contributed by atoms with van der Waals surface area (Å²) in [5.74, 6) is 0.0700. The van der Waals surface area contributed by atoms with Crippen LogP contribution in [0.4, 0.5) is 4.39 Å². The molecule has 106 valence electrons. The van der Waals surface area contributed by atoms with E-state index in [0.717, 1.165) is 12.0 Å². The van der Waals surface area contributed by atoms with E-state index < -0.39 is 5.82 Å². The lowest BCUT2D eigenvalue weighted by molar-refractivity contribution is 0.318. The molecule has 0 spiro atoms. The average molecular weight is 267 g/mol. The second kappa shape index (κ2) is 7.09. The van der Waals surface area contributed by atoms with Gasteiger partial charge in [-0.25, -0.2) is 4.39 Å². The van der Waals surface area contributed by atoms with Gasteiger partial charge < -0.3 is 16.3 Å². The molecule has 4 nitrogen and oxygen atoms in total. The van der Waals surface area contributed by atoms with Crippen molar-refractivity contribution in [3.05, 3.63) is 35.1 Å². The zero-order chi connectivity index (χ0) is 14.4. The van der Waals surface area contributed by atoms with Gasteiger partial charge >= 0.3 is 0 Å². The normalized spacial score (nSPS) is 15.3. The molecule has 0 fully saturated rings. The Kier molecular flexibility index (Phi) is 5.76. The monoisotopic (exact) mass is 267 g/mol. The highest BCUT2D eigenvalue weighted by atomic mass is 19.1. The van der Waals surface area contributed by atoms with Gasteiger partial charge in [0.1, 0.15) is 5.82 Å². The predicted molar refractivity (Wildman–Crippen MR) is 74.7 cm³/mol. The van der Waals surface area contributed by atoms with Crippen LogP contribution < -0.4 is 11.1 Å². The number of halogens is 1. The minimum absolute atomic E-state index is 0.0764. The van der Waals surface area contributed by atoms with Crippen LogP contribution in [0.25, 0.3) is 0 Å². The van der Waals surface area contributed by atoms with Gasteiger partial charge in [0.05, 0.1) is 0 Å². The van der Waals surface area contributed by atoms with Gasteiger partial charge in [-0.15, -0.1) is 0 Å². The van der Waals surface area contributed by atoms with Crippen molar-refractivity contribution >= 4 is 5.84 Å². The molecule has 0 heterocycles. The van der Waals surface area contributed by atoms with Crippen molar-refractivity contribution in [2.24, 2.45) is 16.8 Å².